The van der Waals surface area contributed by atoms with E-state index in [1.807, 2.05) is 13.0 Å². The van der Waals surface area contributed by atoms with E-state index in [0.29, 0.717) is 24.2 Å². The molecule has 2 amide bonds. The lowest BCUT2D eigenvalue weighted by Crippen LogP contribution is -2.39. The molecule has 0 aliphatic heterocycles. The van der Waals surface area contributed by atoms with Crippen molar-refractivity contribution >= 4 is 17.7 Å². The van der Waals surface area contributed by atoms with Gasteiger partial charge in [0.25, 0.3) is 0 Å². The molecule has 1 atom stereocenters. The monoisotopic (exact) mass is 289 g/mol. The van der Waals surface area contributed by atoms with Gasteiger partial charge in [0.15, 0.2) is 0 Å². The molecule has 1 unspecified atom stereocenters. The first kappa shape index (κ1) is 16.5. The number of anilines is 1. The molecule has 1 aromatic carbocycles. The zero-order valence-electron chi connectivity index (χ0n) is 12.2. The molecule has 0 saturated carbocycles. The summed E-state index contributed by atoms with van der Waals surface area (Å²) in [4.78, 5) is 23.9. The van der Waals surface area contributed by atoms with Crippen LogP contribution in [0.4, 0.5) is 10.5 Å². The van der Waals surface area contributed by atoms with Gasteiger partial charge in [-0.25, -0.2) is 4.79 Å². The van der Waals surface area contributed by atoms with Crippen molar-refractivity contribution in [2.75, 3.05) is 18.5 Å². The number of nitriles is 1. The standard InChI is InChI=1S/C15H19N3O3/c1-11(6-7-14(19)20)10-17-15(21)18(2)13-5-3-4-12(8-13)9-16/h3-5,8,11H,6-7,10H2,1-2H3,(H,17,21)(H,19,20). The lowest BCUT2D eigenvalue weighted by atomic mass is 10.1. The number of amides is 2. The smallest absolute Gasteiger partial charge is 0.321 e. The summed E-state index contributed by atoms with van der Waals surface area (Å²) in [7, 11) is 1.62. The van der Waals surface area contributed by atoms with Gasteiger partial charge in [-0.05, 0) is 30.5 Å². The number of carboxylic acids is 1. The lowest BCUT2D eigenvalue weighted by Gasteiger charge is -2.20. The molecule has 0 heterocycles. The van der Waals surface area contributed by atoms with E-state index < -0.39 is 5.97 Å². The van der Waals surface area contributed by atoms with Crippen molar-refractivity contribution in [3.8, 4) is 6.07 Å². The fourth-order valence-corrected chi connectivity index (χ4v) is 1.75. The Morgan fingerprint density at radius 3 is 2.81 bits per heavy atom. The van der Waals surface area contributed by atoms with E-state index in [4.69, 9.17) is 10.4 Å². The third-order valence-corrected chi connectivity index (χ3v) is 3.12. The van der Waals surface area contributed by atoms with Crippen LogP contribution in [0.2, 0.25) is 0 Å². The van der Waals surface area contributed by atoms with Crippen LogP contribution in [-0.2, 0) is 4.79 Å². The fourth-order valence-electron chi connectivity index (χ4n) is 1.75. The molecule has 6 nitrogen and oxygen atoms in total. The van der Waals surface area contributed by atoms with Crippen LogP contribution in [0, 0.1) is 17.2 Å². The fraction of sp³-hybridized carbons (Fsp3) is 0.400. The van der Waals surface area contributed by atoms with Crippen LogP contribution in [0.25, 0.3) is 0 Å². The summed E-state index contributed by atoms with van der Waals surface area (Å²) in [5.41, 5.74) is 1.12. The molecule has 21 heavy (non-hydrogen) atoms. The molecule has 0 spiro atoms. The third kappa shape index (κ3) is 5.53. The Balaban J connectivity index is 2.51. The van der Waals surface area contributed by atoms with Crippen molar-refractivity contribution < 1.29 is 14.7 Å². The topological polar surface area (TPSA) is 93.4 Å². The van der Waals surface area contributed by atoms with Gasteiger partial charge in [0, 0.05) is 25.7 Å². The van der Waals surface area contributed by atoms with Gasteiger partial charge in [-0.1, -0.05) is 13.0 Å². The summed E-state index contributed by atoms with van der Waals surface area (Å²) < 4.78 is 0. The number of carbonyl (C=O) groups is 2. The van der Waals surface area contributed by atoms with Crippen molar-refractivity contribution in [2.24, 2.45) is 5.92 Å². The minimum atomic E-state index is -0.835. The van der Waals surface area contributed by atoms with Gasteiger partial charge in [0.2, 0.25) is 0 Å². The number of hydrogen-bond donors (Lipinski definition) is 2. The van der Waals surface area contributed by atoms with Crippen LogP contribution in [0.15, 0.2) is 24.3 Å². The van der Waals surface area contributed by atoms with Gasteiger partial charge in [0.1, 0.15) is 0 Å². The van der Waals surface area contributed by atoms with E-state index in [-0.39, 0.29) is 18.4 Å². The van der Waals surface area contributed by atoms with Gasteiger partial charge in [0.05, 0.1) is 11.6 Å². The van der Waals surface area contributed by atoms with Crippen molar-refractivity contribution in [3.63, 3.8) is 0 Å². The predicted octanol–water partition coefficient (Wildman–Crippen LogP) is 2.20. The largest absolute Gasteiger partial charge is 0.481 e. The van der Waals surface area contributed by atoms with Crippen LogP contribution in [0.3, 0.4) is 0 Å². The molecule has 0 fully saturated rings. The third-order valence-electron chi connectivity index (χ3n) is 3.12. The maximum absolute atomic E-state index is 12.0. The summed E-state index contributed by atoms with van der Waals surface area (Å²) in [5.74, 6) is -0.748. The first-order valence-corrected chi connectivity index (χ1v) is 6.67. The molecular weight excluding hydrogens is 270 g/mol. The second-order valence-electron chi connectivity index (χ2n) is 4.94. The molecule has 0 bridgehead atoms. The second-order valence-corrected chi connectivity index (χ2v) is 4.94. The summed E-state index contributed by atoms with van der Waals surface area (Å²) in [6.45, 7) is 2.30. The van der Waals surface area contributed by atoms with E-state index in [1.54, 1.807) is 31.3 Å². The van der Waals surface area contributed by atoms with Crippen LogP contribution in [-0.4, -0.2) is 30.7 Å². The molecule has 2 N–H and O–H groups in total. The Kier molecular flexibility index (Phi) is 6.21. The molecule has 6 heteroatoms. The zero-order valence-corrected chi connectivity index (χ0v) is 12.2. The lowest BCUT2D eigenvalue weighted by molar-refractivity contribution is -0.137. The van der Waals surface area contributed by atoms with Crippen LogP contribution >= 0.6 is 0 Å². The average molecular weight is 289 g/mol. The Morgan fingerprint density at radius 2 is 2.19 bits per heavy atom. The van der Waals surface area contributed by atoms with E-state index in [9.17, 15) is 9.59 Å². The van der Waals surface area contributed by atoms with Gasteiger partial charge in [-0.3, -0.25) is 9.69 Å². The van der Waals surface area contributed by atoms with Gasteiger partial charge < -0.3 is 10.4 Å². The number of aliphatic carboxylic acids is 1. The Bertz CT molecular complexity index is 551. The van der Waals surface area contributed by atoms with E-state index in [1.165, 1.54) is 4.90 Å². The Labute approximate surface area is 124 Å². The second kappa shape index (κ2) is 7.90. The normalized spacial score (nSPS) is 11.3. The molecule has 0 aliphatic rings. The molecular formula is C15H19N3O3. The van der Waals surface area contributed by atoms with Crippen molar-refractivity contribution in [1.29, 1.82) is 5.26 Å². The van der Waals surface area contributed by atoms with Crippen molar-refractivity contribution in [2.45, 2.75) is 19.8 Å². The van der Waals surface area contributed by atoms with Crippen molar-refractivity contribution in [3.05, 3.63) is 29.8 Å². The highest BCUT2D eigenvalue weighted by molar-refractivity contribution is 5.91. The quantitative estimate of drug-likeness (QED) is 0.839. The highest BCUT2D eigenvalue weighted by Gasteiger charge is 2.13. The summed E-state index contributed by atoms with van der Waals surface area (Å²) in [6, 6.07) is 8.50. The number of hydrogen-bond acceptors (Lipinski definition) is 3. The molecule has 0 aromatic heterocycles. The maximum Gasteiger partial charge on any atom is 0.321 e. The molecule has 0 radical (unpaired) electrons. The van der Waals surface area contributed by atoms with Gasteiger partial charge >= 0.3 is 12.0 Å². The molecule has 0 aliphatic carbocycles. The summed E-state index contributed by atoms with van der Waals surface area (Å²) in [5, 5.41) is 20.2. The number of carboxylic acid groups (broad SMARTS) is 1. The first-order chi connectivity index (χ1) is 9.93. The van der Waals surface area contributed by atoms with E-state index in [2.05, 4.69) is 5.32 Å². The number of urea groups is 1. The van der Waals surface area contributed by atoms with E-state index >= 15 is 0 Å². The SMILES string of the molecule is CC(CCC(=O)O)CNC(=O)N(C)c1cccc(C#N)c1. The first-order valence-electron chi connectivity index (χ1n) is 6.67. The van der Waals surface area contributed by atoms with Gasteiger partial charge in [-0.15, -0.1) is 0 Å². The summed E-state index contributed by atoms with van der Waals surface area (Å²) >= 11 is 0. The number of nitrogens with zero attached hydrogens (tertiary/aromatic N) is 2. The predicted molar refractivity (Wildman–Crippen MR) is 79.0 cm³/mol. The minimum absolute atomic E-state index is 0.0869. The Morgan fingerprint density at radius 1 is 1.48 bits per heavy atom. The average Bonchev–Trinajstić information content (AvgIpc) is 2.49. The van der Waals surface area contributed by atoms with Crippen LogP contribution in [0.5, 0.6) is 0 Å². The molecule has 1 rings (SSSR count). The molecule has 112 valence electrons. The number of benzene rings is 1. The molecule has 1 aromatic rings. The summed E-state index contributed by atoms with van der Waals surface area (Å²) in [6.07, 6.45) is 0.611. The number of carbonyl (C=O) groups excluding carboxylic acids is 1. The highest BCUT2D eigenvalue weighted by atomic mass is 16.4. The van der Waals surface area contributed by atoms with Crippen LogP contribution in [0.1, 0.15) is 25.3 Å². The van der Waals surface area contributed by atoms with Crippen molar-refractivity contribution in [1.82, 2.24) is 5.32 Å². The van der Waals surface area contributed by atoms with E-state index in [0.717, 1.165) is 0 Å². The number of rotatable bonds is 6. The van der Waals surface area contributed by atoms with Crippen LogP contribution < -0.4 is 10.2 Å². The number of nitrogens with one attached hydrogen (secondary N) is 1. The van der Waals surface area contributed by atoms with Gasteiger partial charge in [-0.2, -0.15) is 5.26 Å². The Hall–Kier alpha value is -2.55. The maximum atomic E-state index is 12.0. The highest BCUT2D eigenvalue weighted by Crippen LogP contribution is 2.14. The minimum Gasteiger partial charge on any atom is -0.481 e. The zero-order chi connectivity index (χ0) is 15.8. The molecule has 0 saturated heterocycles.